The first-order chi connectivity index (χ1) is 5.78. The summed E-state index contributed by atoms with van der Waals surface area (Å²) < 4.78 is 0. The molecule has 0 amide bonds. The Bertz CT molecular complexity index is 313. The third-order valence-corrected chi connectivity index (χ3v) is 3.24. The van der Waals surface area contributed by atoms with Crippen molar-refractivity contribution in [2.45, 2.75) is 31.3 Å². The molecule has 1 N–H and O–H groups in total. The molecule has 2 saturated heterocycles. The molecule has 0 unspecified atom stereocenters. The molecule has 2 aliphatic heterocycles. The van der Waals surface area contributed by atoms with Gasteiger partial charge in [0.2, 0.25) is 0 Å². The normalized spacial score (nSPS) is 36.9. The zero-order valence-corrected chi connectivity index (χ0v) is 7.30. The SMILES string of the molecule is Cc1cccc(C23CC(C2)N3)c1. The Hall–Kier alpha value is -0.820. The van der Waals surface area contributed by atoms with Gasteiger partial charge in [0.1, 0.15) is 0 Å². The predicted octanol–water partition coefficient (Wildman–Crippen LogP) is 1.96. The monoisotopic (exact) mass is 159 g/mol. The zero-order chi connectivity index (χ0) is 8.18. The van der Waals surface area contributed by atoms with E-state index in [-0.39, 0.29) is 0 Å². The molecule has 0 atom stereocenters. The molecule has 4 rings (SSSR count). The van der Waals surface area contributed by atoms with Gasteiger partial charge in [0.25, 0.3) is 0 Å². The molecule has 1 aliphatic carbocycles. The van der Waals surface area contributed by atoms with Gasteiger partial charge in [0, 0.05) is 11.6 Å². The molecule has 1 saturated carbocycles. The van der Waals surface area contributed by atoms with Crippen LogP contribution in [0.3, 0.4) is 0 Å². The minimum absolute atomic E-state index is 0.399. The Morgan fingerprint density at radius 2 is 2.17 bits per heavy atom. The first kappa shape index (κ1) is 6.67. The molecule has 2 heterocycles. The fourth-order valence-electron chi connectivity index (χ4n) is 2.39. The first-order valence-electron chi connectivity index (χ1n) is 4.63. The van der Waals surface area contributed by atoms with E-state index >= 15 is 0 Å². The van der Waals surface area contributed by atoms with Crippen molar-refractivity contribution in [2.24, 2.45) is 0 Å². The second-order valence-corrected chi connectivity index (χ2v) is 4.20. The zero-order valence-electron chi connectivity index (χ0n) is 7.30. The van der Waals surface area contributed by atoms with Gasteiger partial charge in [-0.05, 0) is 25.3 Å². The quantitative estimate of drug-likeness (QED) is 0.660. The van der Waals surface area contributed by atoms with E-state index in [1.807, 2.05) is 0 Å². The van der Waals surface area contributed by atoms with Crippen molar-refractivity contribution in [2.75, 3.05) is 0 Å². The smallest absolute Gasteiger partial charge is 0.0466 e. The summed E-state index contributed by atoms with van der Waals surface area (Å²) in [5.74, 6) is 0. The average molecular weight is 159 g/mol. The number of aryl methyl sites for hydroxylation is 1. The largest absolute Gasteiger partial charge is 0.304 e. The Balaban J connectivity index is 2.01. The Morgan fingerprint density at radius 1 is 1.42 bits per heavy atom. The van der Waals surface area contributed by atoms with E-state index in [0.29, 0.717) is 5.54 Å². The van der Waals surface area contributed by atoms with Crippen LogP contribution in [0.5, 0.6) is 0 Å². The van der Waals surface area contributed by atoms with Crippen LogP contribution in [0.15, 0.2) is 24.3 Å². The molecule has 3 fully saturated rings. The third kappa shape index (κ3) is 0.674. The van der Waals surface area contributed by atoms with Crippen LogP contribution in [0, 0.1) is 6.92 Å². The number of nitrogens with one attached hydrogen (secondary N) is 1. The topological polar surface area (TPSA) is 12.0 Å². The third-order valence-electron chi connectivity index (χ3n) is 3.24. The number of benzene rings is 1. The van der Waals surface area contributed by atoms with Crippen molar-refractivity contribution in [3.63, 3.8) is 0 Å². The summed E-state index contributed by atoms with van der Waals surface area (Å²) in [7, 11) is 0. The highest BCUT2D eigenvalue weighted by molar-refractivity contribution is 5.37. The minimum Gasteiger partial charge on any atom is -0.304 e. The van der Waals surface area contributed by atoms with Gasteiger partial charge in [-0.3, -0.25) is 0 Å². The molecule has 0 radical (unpaired) electrons. The molecule has 1 nitrogen and oxygen atoms in total. The summed E-state index contributed by atoms with van der Waals surface area (Å²) in [4.78, 5) is 0. The maximum atomic E-state index is 3.56. The van der Waals surface area contributed by atoms with E-state index in [4.69, 9.17) is 0 Å². The van der Waals surface area contributed by atoms with Gasteiger partial charge < -0.3 is 5.32 Å². The van der Waals surface area contributed by atoms with Crippen molar-refractivity contribution in [3.05, 3.63) is 35.4 Å². The van der Waals surface area contributed by atoms with Crippen molar-refractivity contribution in [1.82, 2.24) is 5.32 Å². The van der Waals surface area contributed by atoms with E-state index in [2.05, 4.69) is 36.5 Å². The molecule has 3 aliphatic rings. The van der Waals surface area contributed by atoms with E-state index in [0.717, 1.165) is 6.04 Å². The molecule has 62 valence electrons. The summed E-state index contributed by atoms with van der Waals surface area (Å²) >= 11 is 0. The first-order valence-corrected chi connectivity index (χ1v) is 4.63. The van der Waals surface area contributed by atoms with E-state index < -0.39 is 0 Å². The molecule has 2 bridgehead atoms. The lowest BCUT2D eigenvalue weighted by Crippen LogP contribution is -2.74. The molecule has 1 aromatic rings. The fraction of sp³-hybridized carbons (Fsp3) is 0.455. The molecule has 1 aromatic carbocycles. The van der Waals surface area contributed by atoms with Gasteiger partial charge in [0.05, 0.1) is 0 Å². The van der Waals surface area contributed by atoms with Crippen LogP contribution in [0.1, 0.15) is 24.0 Å². The van der Waals surface area contributed by atoms with Gasteiger partial charge >= 0.3 is 0 Å². The van der Waals surface area contributed by atoms with Crippen LogP contribution in [-0.2, 0) is 5.54 Å². The highest BCUT2D eigenvalue weighted by Gasteiger charge is 2.56. The number of rotatable bonds is 1. The van der Waals surface area contributed by atoms with Crippen LogP contribution in [0.4, 0.5) is 0 Å². The van der Waals surface area contributed by atoms with Gasteiger partial charge in [-0.25, -0.2) is 0 Å². The van der Waals surface area contributed by atoms with Crippen molar-refractivity contribution in [1.29, 1.82) is 0 Å². The van der Waals surface area contributed by atoms with Crippen LogP contribution in [0.25, 0.3) is 0 Å². The Labute approximate surface area is 72.8 Å². The number of hydrogen-bond acceptors (Lipinski definition) is 1. The molecule has 1 heteroatoms. The summed E-state index contributed by atoms with van der Waals surface area (Å²) in [6, 6.07) is 9.71. The van der Waals surface area contributed by atoms with Crippen molar-refractivity contribution >= 4 is 0 Å². The Morgan fingerprint density at radius 3 is 2.67 bits per heavy atom. The number of hydrogen-bond donors (Lipinski definition) is 1. The Kier molecular flexibility index (Phi) is 1.06. The predicted molar refractivity (Wildman–Crippen MR) is 49.0 cm³/mol. The standard InChI is InChI=1S/C11H13N/c1-8-3-2-4-9(5-8)11-6-10(7-11)12-11/h2-5,10,12H,6-7H2,1H3. The van der Waals surface area contributed by atoms with Crippen LogP contribution >= 0.6 is 0 Å². The molecular weight excluding hydrogens is 146 g/mol. The molecule has 12 heavy (non-hydrogen) atoms. The lowest BCUT2D eigenvalue weighted by molar-refractivity contribution is -0.0219. The van der Waals surface area contributed by atoms with Gasteiger partial charge in [-0.15, -0.1) is 0 Å². The van der Waals surface area contributed by atoms with E-state index in [1.165, 1.54) is 24.0 Å². The van der Waals surface area contributed by atoms with Gasteiger partial charge in [-0.2, -0.15) is 0 Å². The van der Waals surface area contributed by atoms with E-state index in [1.54, 1.807) is 0 Å². The molecular formula is C11H13N. The van der Waals surface area contributed by atoms with Crippen molar-refractivity contribution < 1.29 is 0 Å². The average Bonchev–Trinajstić information content (AvgIpc) is 1.79. The summed E-state index contributed by atoms with van der Waals surface area (Å²) in [5, 5.41) is 3.56. The molecule has 0 spiro atoms. The molecule has 0 aromatic heterocycles. The fourth-order valence-corrected chi connectivity index (χ4v) is 2.39. The highest BCUT2D eigenvalue weighted by atomic mass is 15.2. The van der Waals surface area contributed by atoms with Gasteiger partial charge in [-0.1, -0.05) is 29.8 Å². The maximum Gasteiger partial charge on any atom is 0.0466 e. The van der Waals surface area contributed by atoms with E-state index in [9.17, 15) is 0 Å². The minimum atomic E-state index is 0.399. The van der Waals surface area contributed by atoms with Gasteiger partial charge in [0.15, 0.2) is 0 Å². The summed E-state index contributed by atoms with van der Waals surface area (Å²) in [5.41, 5.74) is 3.26. The van der Waals surface area contributed by atoms with Crippen LogP contribution in [0.2, 0.25) is 0 Å². The van der Waals surface area contributed by atoms with Crippen LogP contribution in [-0.4, -0.2) is 6.04 Å². The second-order valence-electron chi connectivity index (χ2n) is 4.20. The maximum absolute atomic E-state index is 3.56. The van der Waals surface area contributed by atoms with Crippen LogP contribution < -0.4 is 5.32 Å². The summed E-state index contributed by atoms with van der Waals surface area (Å²) in [6.45, 7) is 2.16. The lowest BCUT2D eigenvalue weighted by atomic mass is 9.59. The van der Waals surface area contributed by atoms with Crippen molar-refractivity contribution in [3.8, 4) is 0 Å². The highest BCUT2D eigenvalue weighted by Crippen LogP contribution is 2.51. The second kappa shape index (κ2) is 1.91. The summed E-state index contributed by atoms with van der Waals surface area (Å²) in [6.07, 6.45) is 2.72. The lowest BCUT2D eigenvalue weighted by Gasteiger charge is -2.63.